The number of aromatic nitrogens is 2. The van der Waals surface area contributed by atoms with Gasteiger partial charge in [0.1, 0.15) is 18.9 Å². The van der Waals surface area contributed by atoms with E-state index in [1.807, 2.05) is 0 Å². The molecular formula is C19H14Cl5N3O6. The van der Waals surface area contributed by atoms with Crippen molar-refractivity contribution in [2.75, 3.05) is 20.3 Å². The summed E-state index contributed by atoms with van der Waals surface area (Å²) in [6, 6.07) is 6.67. The van der Waals surface area contributed by atoms with Crippen LogP contribution in [0.4, 0.5) is 4.79 Å². The summed E-state index contributed by atoms with van der Waals surface area (Å²) in [4.78, 5) is 33.7. The fourth-order valence-corrected chi connectivity index (χ4v) is 3.54. The first kappa shape index (κ1) is 25.5. The molecule has 0 aliphatic carbocycles. The molecule has 14 heteroatoms. The summed E-state index contributed by atoms with van der Waals surface area (Å²) in [5.74, 6) is -1.15. The quantitative estimate of drug-likeness (QED) is 0.162. The van der Waals surface area contributed by atoms with Crippen LogP contribution in [0, 0.1) is 0 Å². The first-order valence-electron chi connectivity index (χ1n) is 9.07. The SMILES string of the molecule is CCOC(=O)/C(=N/OC)c1nc(Cl)c(-c2c(Cl)n(C(=O)OCC(Cl)(Cl)Cl)c3ccccc23)o1. The number of oxime groups is 1. The smallest absolute Gasteiger partial charge is 0.419 e. The first-order chi connectivity index (χ1) is 15.6. The highest BCUT2D eigenvalue weighted by atomic mass is 35.6. The topological polar surface area (TPSA) is 105 Å². The maximum absolute atomic E-state index is 12.7. The Labute approximate surface area is 212 Å². The minimum Gasteiger partial charge on any atom is -0.461 e. The zero-order chi connectivity index (χ0) is 24.3. The van der Waals surface area contributed by atoms with Crippen LogP contribution < -0.4 is 0 Å². The third kappa shape index (κ3) is 5.50. The van der Waals surface area contributed by atoms with Gasteiger partial charge in [-0.05, 0) is 13.0 Å². The predicted molar refractivity (Wildman–Crippen MR) is 125 cm³/mol. The minimum atomic E-state index is -1.82. The third-order valence-corrected chi connectivity index (χ3v) is 4.97. The lowest BCUT2D eigenvalue weighted by atomic mass is 10.1. The van der Waals surface area contributed by atoms with Crippen molar-refractivity contribution >= 4 is 86.7 Å². The molecule has 0 spiro atoms. The van der Waals surface area contributed by atoms with E-state index < -0.39 is 22.5 Å². The number of esters is 1. The second-order valence-electron chi connectivity index (χ2n) is 6.17. The zero-order valence-electron chi connectivity index (χ0n) is 16.9. The number of ether oxygens (including phenoxy) is 2. The van der Waals surface area contributed by atoms with Crippen LogP contribution in [0.1, 0.15) is 12.8 Å². The lowest BCUT2D eigenvalue weighted by Crippen LogP contribution is -2.21. The molecule has 2 heterocycles. The number of fused-ring (bicyclic) bond motifs is 1. The Morgan fingerprint density at radius 1 is 1.18 bits per heavy atom. The van der Waals surface area contributed by atoms with Gasteiger partial charge >= 0.3 is 12.1 Å². The average Bonchev–Trinajstić information content (AvgIpc) is 3.26. The van der Waals surface area contributed by atoms with Crippen LogP contribution in [0.25, 0.3) is 22.2 Å². The lowest BCUT2D eigenvalue weighted by Gasteiger charge is -2.12. The van der Waals surface area contributed by atoms with E-state index in [0.717, 1.165) is 4.57 Å². The Morgan fingerprint density at radius 3 is 2.52 bits per heavy atom. The number of alkyl halides is 3. The van der Waals surface area contributed by atoms with Crippen LogP contribution in [0.3, 0.4) is 0 Å². The minimum absolute atomic E-state index is 0.0334. The molecule has 0 saturated heterocycles. The summed E-state index contributed by atoms with van der Waals surface area (Å²) in [5.41, 5.74) is 0.217. The number of carbonyl (C=O) groups excluding carboxylic acids is 2. The fraction of sp³-hybridized carbons (Fsp3) is 0.263. The normalized spacial score (nSPS) is 12.2. The van der Waals surface area contributed by atoms with E-state index in [0.29, 0.717) is 10.9 Å². The van der Waals surface area contributed by atoms with E-state index in [9.17, 15) is 9.59 Å². The Bertz CT molecular complexity index is 1230. The molecule has 33 heavy (non-hydrogen) atoms. The van der Waals surface area contributed by atoms with Gasteiger partial charge in [0.25, 0.3) is 5.89 Å². The van der Waals surface area contributed by atoms with E-state index in [4.69, 9.17) is 71.9 Å². The summed E-state index contributed by atoms with van der Waals surface area (Å²) < 4.78 is 14.9. The van der Waals surface area contributed by atoms with Crippen molar-refractivity contribution in [3.05, 3.63) is 40.5 Å². The van der Waals surface area contributed by atoms with E-state index >= 15 is 0 Å². The predicted octanol–water partition coefficient (Wildman–Crippen LogP) is 5.87. The van der Waals surface area contributed by atoms with Gasteiger partial charge in [0.2, 0.25) is 9.50 Å². The molecule has 0 N–H and O–H groups in total. The first-order valence-corrected chi connectivity index (χ1v) is 11.0. The number of hydrogen-bond acceptors (Lipinski definition) is 8. The van der Waals surface area contributed by atoms with Gasteiger partial charge in [0, 0.05) is 5.39 Å². The Morgan fingerprint density at radius 2 is 1.88 bits per heavy atom. The molecule has 0 fully saturated rings. The van der Waals surface area contributed by atoms with Crippen molar-refractivity contribution in [3.63, 3.8) is 0 Å². The Hall–Kier alpha value is -2.17. The van der Waals surface area contributed by atoms with Crippen molar-refractivity contribution < 1.29 is 28.3 Å². The van der Waals surface area contributed by atoms with E-state index in [1.54, 1.807) is 31.2 Å². The fourth-order valence-electron chi connectivity index (χ4n) is 2.82. The number of para-hydroxylation sites is 1. The number of nitrogens with zero attached hydrogens (tertiary/aromatic N) is 3. The molecule has 0 unspecified atom stereocenters. The van der Waals surface area contributed by atoms with Gasteiger partial charge in [-0.25, -0.2) is 14.2 Å². The van der Waals surface area contributed by atoms with Gasteiger partial charge in [-0.3, -0.25) is 0 Å². The van der Waals surface area contributed by atoms with Gasteiger partial charge < -0.3 is 18.7 Å². The van der Waals surface area contributed by atoms with E-state index in [2.05, 4.69) is 15.0 Å². The summed E-state index contributed by atoms with van der Waals surface area (Å²) in [6.07, 6.45) is -0.905. The maximum Gasteiger partial charge on any atom is 0.419 e. The van der Waals surface area contributed by atoms with Gasteiger partial charge in [-0.1, -0.05) is 81.4 Å². The molecule has 0 atom stereocenters. The van der Waals surface area contributed by atoms with E-state index in [-0.39, 0.29) is 39.8 Å². The highest BCUT2D eigenvalue weighted by molar-refractivity contribution is 6.67. The van der Waals surface area contributed by atoms with Crippen molar-refractivity contribution in [1.29, 1.82) is 0 Å². The molecule has 0 aliphatic heterocycles. The number of benzene rings is 1. The summed E-state index contributed by atoms with van der Waals surface area (Å²) in [5, 5.41) is 3.81. The third-order valence-electron chi connectivity index (χ3n) is 4.03. The number of hydrogen-bond donors (Lipinski definition) is 0. The maximum atomic E-state index is 12.7. The zero-order valence-corrected chi connectivity index (χ0v) is 20.7. The molecule has 0 bridgehead atoms. The summed E-state index contributed by atoms with van der Waals surface area (Å²) in [6.45, 7) is 1.18. The van der Waals surface area contributed by atoms with Crippen LogP contribution in [0.15, 0.2) is 33.8 Å². The summed E-state index contributed by atoms with van der Waals surface area (Å²) >= 11 is 29.8. The van der Waals surface area contributed by atoms with Crippen molar-refractivity contribution in [2.45, 2.75) is 10.7 Å². The molecule has 0 saturated carbocycles. The second kappa shape index (κ2) is 10.4. The molecular weight excluding hydrogens is 543 g/mol. The Kier molecular flexibility index (Phi) is 8.02. The molecule has 9 nitrogen and oxygen atoms in total. The molecule has 3 aromatic rings. The van der Waals surface area contributed by atoms with E-state index in [1.165, 1.54) is 7.11 Å². The van der Waals surface area contributed by atoms with Gasteiger partial charge in [0.15, 0.2) is 10.9 Å². The standard InChI is InChI=1S/C19H14Cl5N3O6/c1-3-31-17(28)12(26-30-2)16-25-14(20)13(33-16)11-9-6-4-5-7-10(9)27(15(11)21)18(29)32-8-19(22,23)24/h4-7H,3,8H2,1-2H3/b26-12+. The molecule has 0 aliphatic rings. The van der Waals surface area contributed by atoms with Crippen LogP contribution >= 0.6 is 58.0 Å². The molecule has 2 aromatic heterocycles. The van der Waals surface area contributed by atoms with Crippen molar-refractivity contribution in [2.24, 2.45) is 5.16 Å². The molecule has 3 rings (SSSR count). The van der Waals surface area contributed by atoms with Gasteiger partial charge in [-0.15, -0.1) is 0 Å². The molecule has 0 radical (unpaired) electrons. The van der Waals surface area contributed by atoms with Gasteiger partial charge in [-0.2, -0.15) is 4.98 Å². The average molecular weight is 558 g/mol. The second-order valence-corrected chi connectivity index (χ2v) is 9.40. The number of rotatable bonds is 6. The van der Waals surface area contributed by atoms with Crippen LogP contribution in [-0.4, -0.2) is 51.4 Å². The van der Waals surface area contributed by atoms with Crippen molar-refractivity contribution in [1.82, 2.24) is 9.55 Å². The van der Waals surface area contributed by atoms with Crippen LogP contribution in [0.5, 0.6) is 0 Å². The molecule has 176 valence electrons. The van der Waals surface area contributed by atoms with Crippen LogP contribution in [0.2, 0.25) is 10.3 Å². The lowest BCUT2D eigenvalue weighted by molar-refractivity contribution is -0.135. The largest absolute Gasteiger partial charge is 0.461 e. The summed E-state index contributed by atoms with van der Waals surface area (Å²) in [7, 11) is 1.23. The monoisotopic (exact) mass is 555 g/mol. The van der Waals surface area contributed by atoms with Gasteiger partial charge in [0.05, 0.1) is 17.7 Å². The number of halogens is 5. The number of carbonyl (C=O) groups is 2. The Balaban J connectivity index is 2.14. The highest BCUT2D eigenvalue weighted by Gasteiger charge is 2.31. The van der Waals surface area contributed by atoms with Crippen LogP contribution in [-0.2, 0) is 19.1 Å². The number of oxazole rings is 1. The molecule has 0 amide bonds. The molecule has 1 aromatic carbocycles. The highest BCUT2D eigenvalue weighted by Crippen LogP contribution is 2.42. The van der Waals surface area contributed by atoms with Crippen molar-refractivity contribution in [3.8, 4) is 11.3 Å².